The summed E-state index contributed by atoms with van der Waals surface area (Å²) in [5, 5.41) is 4.83. The van der Waals surface area contributed by atoms with E-state index in [1.54, 1.807) is 0 Å². The molecule has 1 aromatic heterocycles. The van der Waals surface area contributed by atoms with Gasteiger partial charge in [-0.2, -0.15) is 0 Å². The average Bonchev–Trinajstić information content (AvgIpc) is 3.08. The maximum Gasteiger partial charge on any atom is 0.248 e. The van der Waals surface area contributed by atoms with Crippen LogP contribution >= 0.6 is 11.6 Å². The molecule has 6 heteroatoms. The Kier molecular flexibility index (Phi) is 6.26. The molecule has 1 N–H and O–H groups in total. The van der Waals surface area contributed by atoms with Gasteiger partial charge >= 0.3 is 0 Å². The number of halogens is 3. The highest BCUT2D eigenvalue weighted by atomic mass is 35.5. The van der Waals surface area contributed by atoms with Gasteiger partial charge in [0.15, 0.2) is 5.78 Å². The van der Waals surface area contributed by atoms with Gasteiger partial charge in [-0.05, 0) is 69.2 Å². The van der Waals surface area contributed by atoms with Crippen molar-refractivity contribution in [2.75, 3.05) is 13.1 Å². The molecule has 0 atom stereocenters. The Labute approximate surface area is 175 Å². The van der Waals surface area contributed by atoms with E-state index in [-0.39, 0.29) is 24.5 Å². The van der Waals surface area contributed by atoms with Gasteiger partial charge in [-0.3, -0.25) is 4.79 Å². The Hall–Kier alpha value is -1.46. The van der Waals surface area contributed by atoms with E-state index in [1.165, 1.54) is 0 Å². The number of carbonyl (C=O) groups excluding carboxylic acids is 1. The summed E-state index contributed by atoms with van der Waals surface area (Å²) in [5.41, 5.74) is 1.69. The lowest BCUT2D eigenvalue weighted by atomic mass is 9.83. The first kappa shape index (κ1) is 20.8. The van der Waals surface area contributed by atoms with E-state index < -0.39 is 5.92 Å². The minimum absolute atomic E-state index is 0.0484. The molecule has 3 nitrogen and oxygen atoms in total. The van der Waals surface area contributed by atoms with Crippen molar-refractivity contribution in [2.24, 2.45) is 11.8 Å². The monoisotopic (exact) mass is 422 g/mol. The third kappa shape index (κ3) is 4.83. The van der Waals surface area contributed by atoms with Gasteiger partial charge < -0.3 is 9.88 Å². The molecule has 0 spiro atoms. The SMILES string of the molecule is O=C(CCC1CCC(F)(F)CC1)c1cn(CC2CCNCC2)c2cccc(Cl)c12. The number of hydrogen-bond donors (Lipinski definition) is 1. The van der Waals surface area contributed by atoms with Crippen LogP contribution in [-0.2, 0) is 6.54 Å². The van der Waals surface area contributed by atoms with Gasteiger partial charge in [0.05, 0.1) is 10.5 Å². The van der Waals surface area contributed by atoms with Crippen LogP contribution in [0.25, 0.3) is 10.9 Å². The van der Waals surface area contributed by atoms with Crippen molar-refractivity contribution in [2.45, 2.75) is 63.8 Å². The van der Waals surface area contributed by atoms with Crippen molar-refractivity contribution < 1.29 is 13.6 Å². The van der Waals surface area contributed by atoms with Crippen molar-refractivity contribution in [3.05, 3.63) is 35.0 Å². The molecule has 1 saturated carbocycles. The van der Waals surface area contributed by atoms with Gasteiger partial charge in [0.1, 0.15) is 0 Å². The smallest absolute Gasteiger partial charge is 0.248 e. The fraction of sp³-hybridized carbons (Fsp3) is 0.609. The van der Waals surface area contributed by atoms with E-state index in [0.29, 0.717) is 42.2 Å². The number of alkyl halides is 2. The zero-order valence-electron chi connectivity index (χ0n) is 16.7. The van der Waals surface area contributed by atoms with Crippen molar-refractivity contribution >= 4 is 28.3 Å². The molecule has 2 aromatic rings. The van der Waals surface area contributed by atoms with Crippen LogP contribution in [0.4, 0.5) is 8.78 Å². The van der Waals surface area contributed by atoms with Crippen LogP contribution < -0.4 is 5.32 Å². The predicted octanol–water partition coefficient (Wildman–Crippen LogP) is 6.08. The fourth-order valence-corrected chi connectivity index (χ4v) is 5.14. The van der Waals surface area contributed by atoms with Crippen molar-refractivity contribution in [1.29, 1.82) is 0 Å². The average molecular weight is 423 g/mol. The molecule has 158 valence electrons. The third-order valence-electron chi connectivity index (χ3n) is 6.69. The van der Waals surface area contributed by atoms with Crippen molar-refractivity contribution in [1.82, 2.24) is 9.88 Å². The lowest BCUT2D eigenvalue weighted by molar-refractivity contribution is -0.0464. The lowest BCUT2D eigenvalue weighted by Crippen LogP contribution is -2.29. The van der Waals surface area contributed by atoms with E-state index in [9.17, 15) is 13.6 Å². The molecule has 2 heterocycles. The largest absolute Gasteiger partial charge is 0.346 e. The molecule has 1 aliphatic carbocycles. The molecule has 0 radical (unpaired) electrons. The predicted molar refractivity (Wildman–Crippen MR) is 113 cm³/mol. The topological polar surface area (TPSA) is 34.0 Å². The Morgan fingerprint density at radius 2 is 1.86 bits per heavy atom. The summed E-state index contributed by atoms with van der Waals surface area (Å²) in [6.45, 7) is 2.97. The minimum Gasteiger partial charge on any atom is -0.346 e. The summed E-state index contributed by atoms with van der Waals surface area (Å²) < 4.78 is 28.9. The number of carbonyl (C=O) groups is 1. The number of fused-ring (bicyclic) bond motifs is 1. The van der Waals surface area contributed by atoms with Crippen molar-refractivity contribution in [3.63, 3.8) is 0 Å². The molecule has 2 fully saturated rings. The number of Topliss-reactive ketones (excluding diaryl/α,β-unsaturated/α-hetero) is 1. The zero-order chi connectivity index (χ0) is 20.4. The second-order valence-electron chi connectivity index (χ2n) is 8.78. The normalized spacial score (nSPS) is 20.9. The van der Waals surface area contributed by atoms with Gasteiger partial charge in [-0.15, -0.1) is 0 Å². The maximum absolute atomic E-state index is 13.4. The van der Waals surface area contributed by atoms with Crippen LogP contribution in [-0.4, -0.2) is 29.4 Å². The molecule has 2 aliphatic rings. The Morgan fingerprint density at radius 1 is 1.14 bits per heavy atom. The Morgan fingerprint density at radius 3 is 2.59 bits per heavy atom. The number of nitrogens with zero attached hydrogens (tertiary/aromatic N) is 1. The number of ketones is 1. The minimum atomic E-state index is -2.52. The molecule has 0 amide bonds. The summed E-state index contributed by atoms with van der Waals surface area (Å²) >= 11 is 6.48. The van der Waals surface area contributed by atoms with Gasteiger partial charge in [0.25, 0.3) is 0 Å². The number of hydrogen-bond acceptors (Lipinski definition) is 2. The number of rotatable bonds is 6. The number of benzene rings is 1. The Balaban J connectivity index is 1.49. The molecule has 1 aromatic carbocycles. The lowest BCUT2D eigenvalue weighted by Gasteiger charge is -2.27. The summed E-state index contributed by atoms with van der Waals surface area (Å²) in [7, 11) is 0. The van der Waals surface area contributed by atoms with Crippen LogP contribution in [0.15, 0.2) is 24.4 Å². The van der Waals surface area contributed by atoms with Crippen LogP contribution in [0.5, 0.6) is 0 Å². The van der Waals surface area contributed by atoms with Gasteiger partial charge in [0, 0.05) is 43.0 Å². The van der Waals surface area contributed by atoms with E-state index in [1.807, 2.05) is 24.4 Å². The van der Waals surface area contributed by atoms with Gasteiger partial charge in [0.2, 0.25) is 5.92 Å². The van der Waals surface area contributed by atoms with E-state index in [0.717, 1.165) is 43.4 Å². The maximum atomic E-state index is 13.4. The van der Waals surface area contributed by atoms with Crippen molar-refractivity contribution in [3.8, 4) is 0 Å². The molecule has 29 heavy (non-hydrogen) atoms. The van der Waals surface area contributed by atoms with Gasteiger partial charge in [-0.25, -0.2) is 8.78 Å². The number of aromatic nitrogens is 1. The molecular formula is C23H29ClF2N2O. The summed E-state index contributed by atoms with van der Waals surface area (Å²) in [5.74, 6) is -1.63. The summed E-state index contributed by atoms with van der Waals surface area (Å²) in [4.78, 5) is 13.1. The number of piperidine rings is 1. The summed E-state index contributed by atoms with van der Waals surface area (Å²) in [6, 6.07) is 5.79. The van der Waals surface area contributed by atoms with E-state index in [2.05, 4.69) is 9.88 Å². The van der Waals surface area contributed by atoms with E-state index >= 15 is 0 Å². The second-order valence-corrected chi connectivity index (χ2v) is 9.19. The zero-order valence-corrected chi connectivity index (χ0v) is 17.5. The van der Waals surface area contributed by atoms with Crippen LogP contribution in [0.1, 0.15) is 61.7 Å². The van der Waals surface area contributed by atoms with Crippen LogP contribution in [0, 0.1) is 11.8 Å². The molecular weight excluding hydrogens is 394 g/mol. The quantitative estimate of drug-likeness (QED) is 0.572. The highest BCUT2D eigenvalue weighted by Gasteiger charge is 2.35. The highest BCUT2D eigenvalue weighted by Crippen LogP contribution is 2.38. The first-order chi connectivity index (χ1) is 13.9. The molecule has 0 bridgehead atoms. The first-order valence-corrected chi connectivity index (χ1v) is 11.2. The molecule has 1 saturated heterocycles. The molecule has 1 aliphatic heterocycles. The van der Waals surface area contributed by atoms with Gasteiger partial charge in [-0.1, -0.05) is 17.7 Å². The highest BCUT2D eigenvalue weighted by molar-refractivity contribution is 6.37. The second kappa shape index (κ2) is 8.73. The third-order valence-corrected chi connectivity index (χ3v) is 7.00. The Bertz CT molecular complexity index is 863. The standard InChI is InChI=1S/C23H29ClF2N2O/c24-19-2-1-3-20-22(19)18(15-28(20)14-17-8-12-27-13-9-17)21(29)5-4-16-6-10-23(25,26)11-7-16/h1-3,15-17,27H,4-14H2. The number of nitrogens with one attached hydrogen (secondary N) is 1. The van der Waals surface area contributed by atoms with Crippen LogP contribution in [0.3, 0.4) is 0 Å². The molecule has 0 unspecified atom stereocenters. The summed E-state index contributed by atoms with van der Waals surface area (Å²) in [6.07, 6.45) is 6.24. The van der Waals surface area contributed by atoms with E-state index in [4.69, 9.17) is 11.6 Å². The first-order valence-electron chi connectivity index (χ1n) is 10.8. The molecule has 4 rings (SSSR count). The fourth-order valence-electron chi connectivity index (χ4n) is 4.87. The van der Waals surface area contributed by atoms with Crippen LogP contribution in [0.2, 0.25) is 5.02 Å².